The highest BCUT2D eigenvalue weighted by molar-refractivity contribution is 7.99. The van der Waals surface area contributed by atoms with Gasteiger partial charge in [-0.1, -0.05) is 11.8 Å². The summed E-state index contributed by atoms with van der Waals surface area (Å²) >= 11 is 1.26. The Morgan fingerprint density at radius 1 is 1.25 bits per heavy atom. The Balaban J connectivity index is 2.10. The van der Waals surface area contributed by atoms with Gasteiger partial charge in [0.1, 0.15) is 0 Å². The maximum atomic E-state index is 11.3. The Bertz CT molecular complexity index is 604. The van der Waals surface area contributed by atoms with Crippen molar-refractivity contribution in [2.24, 2.45) is 0 Å². The zero-order valence-corrected chi connectivity index (χ0v) is 12.2. The van der Waals surface area contributed by atoms with Gasteiger partial charge in [-0.3, -0.25) is 9.78 Å². The maximum Gasteiger partial charge on any atom is 0.316 e. The summed E-state index contributed by atoms with van der Waals surface area (Å²) in [6.07, 6.45) is 3.41. The van der Waals surface area contributed by atoms with E-state index in [1.807, 2.05) is 19.1 Å². The molecule has 104 valence electrons. The SMILES string of the molecule is CCOC(=O)CSc1nccc(-c2cc(C)ccn2)n1. The first-order valence-electron chi connectivity index (χ1n) is 6.23. The van der Waals surface area contributed by atoms with E-state index in [4.69, 9.17) is 4.74 Å². The van der Waals surface area contributed by atoms with Crippen LogP contribution in [0.15, 0.2) is 35.7 Å². The Labute approximate surface area is 121 Å². The van der Waals surface area contributed by atoms with Gasteiger partial charge in [-0.15, -0.1) is 0 Å². The molecule has 0 fully saturated rings. The fraction of sp³-hybridized carbons (Fsp3) is 0.286. The van der Waals surface area contributed by atoms with Crippen molar-refractivity contribution in [2.75, 3.05) is 12.4 Å². The molecule has 2 aromatic rings. The summed E-state index contributed by atoms with van der Waals surface area (Å²) in [5.74, 6) is -0.0568. The second-order valence-corrected chi connectivity index (χ2v) is 4.98. The van der Waals surface area contributed by atoms with E-state index in [1.54, 1.807) is 25.4 Å². The highest BCUT2D eigenvalue weighted by Crippen LogP contribution is 2.19. The van der Waals surface area contributed by atoms with Crippen LogP contribution in [0.25, 0.3) is 11.4 Å². The molecule has 20 heavy (non-hydrogen) atoms. The molecule has 0 aliphatic carbocycles. The van der Waals surface area contributed by atoms with E-state index in [1.165, 1.54) is 11.8 Å². The Morgan fingerprint density at radius 2 is 2.05 bits per heavy atom. The van der Waals surface area contributed by atoms with Crippen LogP contribution < -0.4 is 0 Å². The van der Waals surface area contributed by atoms with Gasteiger partial charge in [0.05, 0.1) is 23.7 Å². The van der Waals surface area contributed by atoms with Crippen molar-refractivity contribution in [3.63, 3.8) is 0 Å². The topological polar surface area (TPSA) is 65.0 Å². The lowest BCUT2D eigenvalue weighted by Gasteiger charge is -2.04. The normalized spacial score (nSPS) is 10.3. The van der Waals surface area contributed by atoms with Crippen molar-refractivity contribution in [2.45, 2.75) is 19.0 Å². The second kappa shape index (κ2) is 7.00. The third-order valence-electron chi connectivity index (χ3n) is 2.44. The first-order valence-corrected chi connectivity index (χ1v) is 7.22. The Kier molecular flexibility index (Phi) is 5.06. The van der Waals surface area contributed by atoms with E-state index in [-0.39, 0.29) is 11.7 Å². The number of ether oxygens (including phenoxy) is 1. The lowest BCUT2D eigenvalue weighted by Crippen LogP contribution is -2.07. The zero-order valence-electron chi connectivity index (χ0n) is 11.4. The predicted octanol–water partition coefficient (Wildman–Crippen LogP) is 2.50. The van der Waals surface area contributed by atoms with Crippen LogP contribution in [0.4, 0.5) is 0 Å². The molecule has 0 saturated heterocycles. The fourth-order valence-electron chi connectivity index (χ4n) is 1.56. The van der Waals surface area contributed by atoms with Gasteiger partial charge < -0.3 is 4.74 Å². The molecule has 0 aliphatic heterocycles. The van der Waals surface area contributed by atoms with Gasteiger partial charge in [0, 0.05) is 12.4 Å². The van der Waals surface area contributed by atoms with E-state index in [0.717, 1.165) is 17.0 Å². The highest BCUT2D eigenvalue weighted by Gasteiger charge is 2.07. The summed E-state index contributed by atoms with van der Waals surface area (Å²) in [5, 5.41) is 0.541. The molecular weight excluding hydrogens is 274 g/mol. The standard InChI is InChI=1S/C14H15N3O2S/c1-3-19-13(18)9-20-14-16-7-5-11(17-14)12-8-10(2)4-6-15-12/h4-8H,3,9H2,1-2H3. The lowest BCUT2D eigenvalue weighted by molar-refractivity contribution is -0.139. The van der Waals surface area contributed by atoms with Crippen LogP contribution in [0.5, 0.6) is 0 Å². The number of esters is 1. The predicted molar refractivity (Wildman–Crippen MR) is 77.4 cm³/mol. The van der Waals surface area contributed by atoms with E-state index in [9.17, 15) is 4.79 Å². The molecule has 2 aromatic heterocycles. The van der Waals surface area contributed by atoms with Gasteiger partial charge in [0.25, 0.3) is 0 Å². The van der Waals surface area contributed by atoms with E-state index in [0.29, 0.717) is 11.8 Å². The van der Waals surface area contributed by atoms with Crippen LogP contribution >= 0.6 is 11.8 Å². The van der Waals surface area contributed by atoms with Crippen molar-refractivity contribution < 1.29 is 9.53 Å². The number of aryl methyl sites for hydroxylation is 1. The van der Waals surface area contributed by atoms with Gasteiger partial charge in [-0.25, -0.2) is 9.97 Å². The quantitative estimate of drug-likeness (QED) is 0.479. The number of hydrogen-bond donors (Lipinski definition) is 0. The van der Waals surface area contributed by atoms with Crippen LogP contribution in [-0.2, 0) is 9.53 Å². The average molecular weight is 289 g/mol. The number of rotatable bonds is 5. The first-order chi connectivity index (χ1) is 9.69. The Hall–Kier alpha value is -1.95. The van der Waals surface area contributed by atoms with Gasteiger partial charge in [0.2, 0.25) is 0 Å². The van der Waals surface area contributed by atoms with Crippen LogP contribution in [0.3, 0.4) is 0 Å². The smallest absolute Gasteiger partial charge is 0.316 e. The van der Waals surface area contributed by atoms with Crippen LogP contribution in [0, 0.1) is 6.92 Å². The molecule has 0 aliphatic rings. The summed E-state index contributed by atoms with van der Waals surface area (Å²) in [6.45, 7) is 4.17. The number of thioether (sulfide) groups is 1. The molecule has 0 saturated carbocycles. The number of carbonyl (C=O) groups excluding carboxylic acids is 1. The van der Waals surface area contributed by atoms with Crippen molar-refractivity contribution in [1.29, 1.82) is 0 Å². The molecule has 0 atom stereocenters. The molecule has 2 heterocycles. The van der Waals surface area contributed by atoms with E-state index >= 15 is 0 Å². The minimum absolute atomic E-state index is 0.207. The first kappa shape index (κ1) is 14.5. The van der Waals surface area contributed by atoms with E-state index in [2.05, 4.69) is 15.0 Å². The number of hydrogen-bond acceptors (Lipinski definition) is 6. The molecule has 6 heteroatoms. The van der Waals surface area contributed by atoms with Crippen molar-refractivity contribution in [1.82, 2.24) is 15.0 Å². The van der Waals surface area contributed by atoms with Crippen LogP contribution in [0.2, 0.25) is 0 Å². The van der Waals surface area contributed by atoms with Gasteiger partial charge in [-0.2, -0.15) is 0 Å². The van der Waals surface area contributed by atoms with E-state index < -0.39 is 0 Å². The molecule has 0 aromatic carbocycles. The average Bonchev–Trinajstić information content (AvgIpc) is 2.46. The summed E-state index contributed by atoms with van der Waals surface area (Å²) in [7, 11) is 0. The number of carbonyl (C=O) groups is 1. The summed E-state index contributed by atoms with van der Waals surface area (Å²) in [6, 6.07) is 5.69. The molecule has 0 bridgehead atoms. The molecule has 5 nitrogen and oxygen atoms in total. The molecule has 2 rings (SSSR count). The van der Waals surface area contributed by atoms with Crippen LogP contribution in [0.1, 0.15) is 12.5 Å². The summed E-state index contributed by atoms with van der Waals surface area (Å²) in [4.78, 5) is 24.1. The molecular formula is C14H15N3O2S. The van der Waals surface area contributed by atoms with Crippen LogP contribution in [-0.4, -0.2) is 33.3 Å². The van der Waals surface area contributed by atoms with Gasteiger partial charge in [0.15, 0.2) is 5.16 Å². The van der Waals surface area contributed by atoms with Crippen molar-refractivity contribution in [3.05, 3.63) is 36.2 Å². The molecule has 0 spiro atoms. The van der Waals surface area contributed by atoms with Crippen molar-refractivity contribution >= 4 is 17.7 Å². The number of nitrogens with zero attached hydrogens (tertiary/aromatic N) is 3. The van der Waals surface area contributed by atoms with Crippen molar-refractivity contribution in [3.8, 4) is 11.4 Å². The molecule has 0 radical (unpaired) electrons. The molecule has 0 N–H and O–H groups in total. The minimum Gasteiger partial charge on any atom is -0.465 e. The second-order valence-electron chi connectivity index (χ2n) is 4.04. The fourth-order valence-corrected chi connectivity index (χ4v) is 2.18. The zero-order chi connectivity index (χ0) is 14.4. The summed E-state index contributed by atoms with van der Waals surface area (Å²) in [5.41, 5.74) is 2.66. The molecule has 0 amide bonds. The third kappa shape index (κ3) is 4.03. The summed E-state index contributed by atoms with van der Waals surface area (Å²) < 4.78 is 4.87. The lowest BCUT2D eigenvalue weighted by atomic mass is 10.2. The molecule has 0 unspecified atom stereocenters. The minimum atomic E-state index is -0.264. The van der Waals surface area contributed by atoms with Gasteiger partial charge in [-0.05, 0) is 37.6 Å². The number of aromatic nitrogens is 3. The maximum absolute atomic E-state index is 11.3. The largest absolute Gasteiger partial charge is 0.465 e. The highest BCUT2D eigenvalue weighted by atomic mass is 32.2. The Morgan fingerprint density at radius 3 is 2.80 bits per heavy atom. The van der Waals surface area contributed by atoms with Gasteiger partial charge >= 0.3 is 5.97 Å². The monoisotopic (exact) mass is 289 g/mol. The third-order valence-corrected chi connectivity index (χ3v) is 3.27. The number of pyridine rings is 1.